The fraction of sp³-hybridized carbons (Fsp3) is 0.643. The smallest absolute Gasteiger partial charge is 0.128 e. The molecule has 1 aliphatic heterocycles. The average molecular weight is 249 g/mol. The summed E-state index contributed by atoms with van der Waals surface area (Å²) in [4.78, 5) is 9.31. The average Bonchev–Trinajstić information content (AvgIpc) is 2.90. The van der Waals surface area contributed by atoms with Crippen molar-refractivity contribution < 1.29 is 5.11 Å². The van der Waals surface area contributed by atoms with Crippen LogP contribution in [-0.4, -0.2) is 47.2 Å². The zero-order valence-electron chi connectivity index (χ0n) is 11.3. The number of aliphatic hydroxyl groups excluding tert-OH is 1. The van der Waals surface area contributed by atoms with Crippen LogP contribution in [0, 0.1) is 0 Å². The van der Waals surface area contributed by atoms with Gasteiger partial charge in [0.15, 0.2) is 0 Å². The lowest BCUT2D eigenvalue weighted by molar-refractivity contribution is 0.232. The number of hydrogen-bond acceptors (Lipinski definition) is 4. The van der Waals surface area contributed by atoms with Gasteiger partial charge in [-0.3, -0.25) is 4.90 Å². The minimum Gasteiger partial charge on any atom is -0.390 e. The van der Waals surface area contributed by atoms with E-state index in [1.54, 1.807) is 0 Å². The Kier molecular flexibility index (Phi) is 4.55. The van der Waals surface area contributed by atoms with Gasteiger partial charge in [0.25, 0.3) is 0 Å². The van der Waals surface area contributed by atoms with E-state index in [0.29, 0.717) is 6.04 Å². The van der Waals surface area contributed by atoms with E-state index in [0.717, 1.165) is 37.7 Å². The summed E-state index contributed by atoms with van der Waals surface area (Å²) in [5, 5.41) is 9.13. The van der Waals surface area contributed by atoms with E-state index in [1.165, 1.54) is 6.42 Å². The number of aliphatic hydroxyl groups is 1. The number of pyridine rings is 1. The summed E-state index contributed by atoms with van der Waals surface area (Å²) in [5.41, 5.74) is 0.749. The van der Waals surface area contributed by atoms with E-state index in [1.807, 2.05) is 18.2 Å². The van der Waals surface area contributed by atoms with E-state index in [9.17, 15) is 0 Å². The third-order valence-corrected chi connectivity index (χ3v) is 3.77. The number of nitrogens with zero attached hydrogens (tertiary/aromatic N) is 3. The molecule has 4 nitrogen and oxygen atoms in total. The van der Waals surface area contributed by atoms with Gasteiger partial charge in [0.05, 0.1) is 12.3 Å². The second kappa shape index (κ2) is 6.16. The Balaban J connectivity index is 2.03. The van der Waals surface area contributed by atoms with E-state index in [4.69, 9.17) is 5.11 Å². The number of aromatic nitrogens is 1. The maximum absolute atomic E-state index is 9.13. The quantitative estimate of drug-likeness (QED) is 0.858. The first kappa shape index (κ1) is 13.3. The molecule has 0 saturated carbocycles. The second-order valence-electron chi connectivity index (χ2n) is 4.75. The van der Waals surface area contributed by atoms with Crippen molar-refractivity contribution in [3.63, 3.8) is 0 Å². The highest BCUT2D eigenvalue weighted by atomic mass is 16.3. The highest BCUT2D eigenvalue weighted by molar-refractivity contribution is 5.40. The van der Waals surface area contributed by atoms with Gasteiger partial charge < -0.3 is 10.0 Å². The van der Waals surface area contributed by atoms with Crippen LogP contribution in [0.15, 0.2) is 18.2 Å². The van der Waals surface area contributed by atoms with Crippen molar-refractivity contribution in [2.75, 3.05) is 31.1 Å². The molecule has 100 valence electrons. The van der Waals surface area contributed by atoms with Gasteiger partial charge in [-0.05, 0) is 31.6 Å². The van der Waals surface area contributed by atoms with Crippen molar-refractivity contribution in [2.45, 2.75) is 32.9 Å². The molecule has 0 bridgehead atoms. The van der Waals surface area contributed by atoms with Crippen LogP contribution < -0.4 is 4.90 Å². The normalized spacial score (nSPS) is 19.8. The molecule has 2 heterocycles. The molecule has 1 aromatic heterocycles. The van der Waals surface area contributed by atoms with Gasteiger partial charge in [0.1, 0.15) is 5.82 Å². The fourth-order valence-electron chi connectivity index (χ4n) is 2.72. The lowest BCUT2D eigenvalue weighted by Gasteiger charge is -2.26. The molecule has 0 spiro atoms. The Bertz CT molecular complexity index is 379. The molecule has 0 radical (unpaired) electrons. The number of rotatable bonds is 5. The molecule has 18 heavy (non-hydrogen) atoms. The second-order valence-corrected chi connectivity index (χ2v) is 4.75. The Morgan fingerprint density at radius 2 is 2.17 bits per heavy atom. The number of likely N-dealkylation sites (N-methyl/N-ethyl adjacent to an activating group) is 1. The summed E-state index contributed by atoms with van der Waals surface area (Å²) in [6.45, 7) is 8.78. The summed E-state index contributed by atoms with van der Waals surface area (Å²) < 4.78 is 0. The van der Waals surface area contributed by atoms with Crippen LogP contribution in [0.1, 0.15) is 26.0 Å². The van der Waals surface area contributed by atoms with Crippen LogP contribution in [0.4, 0.5) is 5.82 Å². The van der Waals surface area contributed by atoms with Crippen LogP contribution >= 0.6 is 0 Å². The van der Waals surface area contributed by atoms with Crippen molar-refractivity contribution in [3.05, 3.63) is 23.9 Å². The van der Waals surface area contributed by atoms with Gasteiger partial charge in [0.2, 0.25) is 0 Å². The number of hydrogen-bond donors (Lipinski definition) is 1. The highest BCUT2D eigenvalue weighted by Gasteiger charge is 2.26. The Labute approximate surface area is 109 Å². The lowest BCUT2D eigenvalue weighted by atomic mass is 10.2. The van der Waals surface area contributed by atoms with Crippen molar-refractivity contribution in [3.8, 4) is 0 Å². The summed E-state index contributed by atoms with van der Waals surface area (Å²) in [7, 11) is 0. The van der Waals surface area contributed by atoms with Crippen molar-refractivity contribution in [2.24, 2.45) is 0 Å². The fourth-order valence-corrected chi connectivity index (χ4v) is 2.72. The van der Waals surface area contributed by atoms with Crippen molar-refractivity contribution in [1.29, 1.82) is 0 Å². The largest absolute Gasteiger partial charge is 0.390 e. The van der Waals surface area contributed by atoms with Crippen LogP contribution in [0.25, 0.3) is 0 Å². The van der Waals surface area contributed by atoms with E-state index in [-0.39, 0.29) is 6.61 Å². The molecule has 0 aromatic carbocycles. The van der Waals surface area contributed by atoms with E-state index in [2.05, 4.69) is 28.6 Å². The molecule has 0 aliphatic carbocycles. The zero-order chi connectivity index (χ0) is 13.0. The summed E-state index contributed by atoms with van der Waals surface area (Å²) >= 11 is 0. The molecular formula is C14H23N3O. The highest BCUT2D eigenvalue weighted by Crippen LogP contribution is 2.21. The van der Waals surface area contributed by atoms with Crippen molar-refractivity contribution >= 4 is 5.82 Å². The molecule has 1 saturated heterocycles. The first-order valence-electron chi connectivity index (χ1n) is 6.84. The molecule has 0 amide bonds. The monoisotopic (exact) mass is 249 g/mol. The summed E-state index contributed by atoms with van der Waals surface area (Å²) in [6, 6.07) is 6.50. The Morgan fingerprint density at radius 3 is 2.83 bits per heavy atom. The minimum atomic E-state index is 0.0150. The van der Waals surface area contributed by atoms with Crippen molar-refractivity contribution in [1.82, 2.24) is 9.88 Å². The van der Waals surface area contributed by atoms with Gasteiger partial charge in [-0.25, -0.2) is 4.98 Å². The minimum absolute atomic E-state index is 0.0150. The van der Waals surface area contributed by atoms with E-state index >= 15 is 0 Å². The SMILES string of the molecule is CCN(CC)C1CCN(c2cccc(CO)n2)C1. The lowest BCUT2D eigenvalue weighted by Crippen LogP contribution is -2.37. The summed E-state index contributed by atoms with van der Waals surface area (Å²) in [5.74, 6) is 0.996. The third kappa shape index (κ3) is 2.82. The Morgan fingerprint density at radius 1 is 1.39 bits per heavy atom. The molecule has 1 atom stereocenters. The molecular weight excluding hydrogens is 226 g/mol. The van der Waals surface area contributed by atoms with Gasteiger partial charge in [-0.15, -0.1) is 0 Å². The van der Waals surface area contributed by atoms with Crippen LogP contribution in [-0.2, 0) is 6.61 Å². The predicted octanol–water partition coefficient (Wildman–Crippen LogP) is 1.49. The molecule has 2 rings (SSSR count). The maximum atomic E-state index is 9.13. The van der Waals surface area contributed by atoms with Gasteiger partial charge >= 0.3 is 0 Å². The molecule has 1 unspecified atom stereocenters. The van der Waals surface area contributed by atoms with Crippen LogP contribution in [0.2, 0.25) is 0 Å². The van der Waals surface area contributed by atoms with Gasteiger partial charge in [0, 0.05) is 19.1 Å². The molecule has 1 aromatic rings. The third-order valence-electron chi connectivity index (χ3n) is 3.77. The maximum Gasteiger partial charge on any atom is 0.128 e. The van der Waals surface area contributed by atoms with Crippen LogP contribution in [0.5, 0.6) is 0 Å². The van der Waals surface area contributed by atoms with E-state index < -0.39 is 0 Å². The zero-order valence-corrected chi connectivity index (χ0v) is 11.3. The molecule has 1 aliphatic rings. The number of anilines is 1. The molecule has 1 fully saturated rings. The van der Waals surface area contributed by atoms with Crippen LogP contribution in [0.3, 0.4) is 0 Å². The standard InChI is InChI=1S/C14H23N3O/c1-3-16(4-2)13-8-9-17(10-13)14-7-5-6-12(11-18)15-14/h5-7,13,18H,3-4,8-11H2,1-2H3. The first-order chi connectivity index (χ1) is 8.78. The first-order valence-corrected chi connectivity index (χ1v) is 6.84. The topological polar surface area (TPSA) is 39.6 Å². The van der Waals surface area contributed by atoms with Gasteiger partial charge in [-0.2, -0.15) is 0 Å². The Hall–Kier alpha value is -1.13. The summed E-state index contributed by atoms with van der Waals surface area (Å²) in [6.07, 6.45) is 1.20. The molecule has 1 N–H and O–H groups in total. The predicted molar refractivity (Wildman–Crippen MR) is 73.7 cm³/mol. The van der Waals surface area contributed by atoms with Gasteiger partial charge in [-0.1, -0.05) is 19.9 Å². The molecule has 4 heteroatoms.